The van der Waals surface area contributed by atoms with Gasteiger partial charge in [-0.2, -0.15) is 0 Å². The summed E-state index contributed by atoms with van der Waals surface area (Å²) in [6.45, 7) is 2.04. The zero-order valence-corrected chi connectivity index (χ0v) is 10.7. The van der Waals surface area contributed by atoms with E-state index in [-0.39, 0.29) is 12.1 Å². The number of aromatic nitrogens is 2. The molecule has 2 aromatic rings. The molecule has 1 aromatic carbocycles. The molecule has 2 rings (SSSR count). The van der Waals surface area contributed by atoms with Crippen molar-refractivity contribution in [2.24, 2.45) is 0 Å². The fourth-order valence-corrected chi connectivity index (χ4v) is 1.84. The maximum absolute atomic E-state index is 12.1. The Morgan fingerprint density at radius 1 is 1.39 bits per heavy atom. The zero-order chi connectivity index (χ0) is 13.0. The van der Waals surface area contributed by atoms with Crippen LogP contribution < -0.4 is 0 Å². The highest BCUT2D eigenvalue weighted by molar-refractivity contribution is 5.76. The van der Waals surface area contributed by atoms with Crippen molar-refractivity contribution in [3.05, 3.63) is 54.6 Å². The van der Waals surface area contributed by atoms with Crippen molar-refractivity contribution >= 4 is 6.03 Å². The van der Waals surface area contributed by atoms with Crippen molar-refractivity contribution in [3.63, 3.8) is 0 Å². The van der Waals surface area contributed by atoms with Gasteiger partial charge in [0.25, 0.3) is 0 Å². The third kappa shape index (κ3) is 2.77. The Labute approximate surface area is 107 Å². The molecule has 0 saturated heterocycles. The molecule has 0 aliphatic heterocycles. The number of carbonyl (C=O) groups excluding carboxylic acids is 1. The first-order chi connectivity index (χ1) is 8.68. The smallest absolute Gasteiger partial charge is 0.324 e. The summed E-state index contributed by atoms with van der Waals surface area (Å²) in [5, 5.41) is 0. The second-order valence-corrected chi connectivity index (χ2v) is 4.40. The molecule has 4 heteroatoms. The summed E-state index contributed by atoms with van der Waals surface area (Å²) in [4.78, 5) is 17.7. The van der Waals surface area contributed by atoms with Crippen LogP contribution in [0.1, 0.15) is 12.5 Å². The Kier molecular flexibility index (Phi) is 3.77. The lowest BCUT2D eigenvalue weighted by Gasteiger charge is -2.24. The molecule has 0 spiro atoms. The lowest BCUT2D eigenvalue weighted by atomic mass is 10.1. The van der Waals surface area contributed by atoms with Gasteiger partial charge in [-0.3, -0.25) is 4.57 Å². The lowest BCUT2D eigenvalue weighted by Crippen LogP contribution is -2.38. The number of hydrogen-bond donors (Lipinski definition) is 0. The third-order valence-electron chi connectivity index (χ3n) is 3.06. The van der Waals surface area contributed by atoms with Crippen LogP contribution in [0.5, 0.6) is 0 Å². The number of rotatable bonds is 3. The fraction of sp³-hybridized carbons (Fsp3) is 0.286. The monoisotopic (exact) mass is 243 g/mol. The molecule has 0 N–H and O–H groups in total. The fourth-order valence-electron chi connectivity index (χ4n) is 1.84. The summed E-state index contributed by atoms with van der Waals surface area (Å²) in [6.07, 6.45) is 5.63. The number of nitrogens with zero attached hydrogens (tertiary/aromatic N) is 3. The highest BCUT2D eigenvalue weighted by Crippen LogP contribution is 2.08. The molecule has 0 fully saturated rings. The summed E-state index contributed by atoms with van der Waals surface area (Å²) in [6, 6.07) is 10.3. The Hall–Kier alpha value is -2.10. The van der Waals surface area contributed by atoms with Gasteiger partial charge in [0.2, 0.25) is 0 Å². The van der Waals surface area contributed by atoms with Gasteiger partial charge in [-0.05, 0) is 18.9 Å². The Bertz CT molecular complexity index is 493. The molecule has 0 unspecified atom stereocenters. The van der Waals surface area contributed by atoms with Crippen LogP contribution in [0.25, 0.3) is 0 Å². The van der Waals surface area contributed by atoms with E-state index < -0.39 is 0 Å². The predicted octanol–water partition coefficient (Wildman–Crippen LogP) is 2.41. The highest BCUT2D eigenvalue weighted by atomic mass is 16.2. The van der Waals surface area contributed by atoms with Crippen molar-refractivity contribution in [2.75, 3.05) is 7.05 Å². The average molecular weight is 243 g/mol. The molecule has 94 valence electrons. The van der Waals surface area contributed by atoms with E-state index in [2.05, 4.69) is 17.1 Å². The zero-order valence-electron chi connectivity index (χ0n) is 10.7. The summed E-state index contributed by atoms with van der Waals surface area (Å²) in [5.74, 6) is 0. The summed E-state index contributed by atoms with van der Waals surface area (Å²) >= 11 is 0. The molecule has 1 aromatic heterocycles. The maximum Gasteiger partial charge on any atom is 0.329 e. The van der Waals surface area contributed by atoms with Gasteiger partial charge in [-0.1, -0.05) is 30.3 Å². The molecule has 1 heterocycles. The van der Waals surface area contributed by atoms with Crippen LogP contribution in [0.3, 0.4) is 0 Å². The van der Waals surface area contributed by atoms with Crippen molar-refractivity contribution in [1.82, 2.24) is 14.5 Å². The van der Waals surface area contributed by atoms with Gasteiger partial charge in [0.05, 0.1) is 0 Å². The Balaban J connectivity index is 2.01. The summed E-state index contributed by atoms with van der Waals surface area (Å²) in [7, 11) is 1.82. The van der Waals surface area contributed by atoms with E-state index in [0.717, 1.165) is 6.42 Å². The van der Waals surface area contributed by atoms with E-state index >= 15 is 0 Å². The van der Waals surface area contributed by atoms with Crippen molar-refractivity contribution in [3.8, 4) is 0 Å². The van der Waals surface area contributed by atoms with Gasteiger partial charge in [0, 0.05) is 25.5 Å². The molecule has 0 bridgehead atoms. The molecule has 1 amide bonds. The SMILES string of the molecule is C[C@H](Cc1ccccc1)N(C)C(=O)n1ccnc1. The second-order valence-electron chi connectivity index (χ2n) is 4.40. The van der Waals surface area contributed by atoms with Crippen LogP contribution in [0, 0.1) is 0 Å². The Morgan fingerprint density at radius 2 is 2.11 bits per heavy atom. The maximum atomic E-state index is 12.1. The molecular weight excluding hydrogens is 226 g/mol. The standard InChI is InChI=1S/C14H17N3O/c1-12(10-13-6-4-3-5-7-13)16(2)14(18)17-9-8-15-11-17/h3-9,11-12H,10H2,1-2H3/t12-/m1/s1. The van der Waals surface area contributed by atoms with Gasteiger partial charge in [-0.25, -0.2) is 9.78 Å². The van der Waals surface area contributed by atoms with Crippen LogP contribution in [0.15, 0.2) is 49.1 Å². The van der Waals surface area contributed by atoms with Crippen molar-refractivity contribution in [2.45, 2.75) is 19.4 Å². The number of carbonyl (C=O) groups is 1. The molecule has 0 aliphatic carbocycles. The lowest BCUT2D eigenvalue weighted by molar-refractivity contribution is 0.195. The minimum absolute atomic E-state index is 0.0593. The van der Waals surface area contributed by atoms with Crippen LogP contribution >= 0.6 is 0 Å². The normalized spacial score (nSPS) is 12.1. The van der Waals surface area contributed by atoms with Gasteiger partial charge < -0.3 is 4.90 Å². The van der Waals surface area contributed by atoms with Gasteiger partial charge in [-0.15, -0.1) is 0 Å². The summed E-state index contributed by atoms with van der Waals surface area (Å²) in [5.41, 5.74) is 1.23. The largest absolute Gasteiger partial charge is 0.329 e. The average Bonchev–Trinajstić information content (AvgIpc) is 2.92. The van der Waals surface area contributed by atoms with E-state index in [1.54, 1.807) is 17.3 Å². The van der Waals surface area contributed by atoms with Crippen LogP contribution in [0.4, 0.5) is 4.79 Å². The first-order valence-corrected chi connectivity index (χ1v) is 5.97. The molecular formula is C14H17N3O. The molecule has 18 heavy (non-hydrogen) atoms. The van der Waals surface area contributed by atoms with Crippen molar-refractivity contribution < 1.29 is 4.79 Å². The van der Waals surface area contributed by atoms with E-state index in [1.165, 1.54) is 16.5 Å². The van der Waals surface area contributed by atoms with E-state index in [1.807, 2.05) is 32.2 Å². The molecule has 0 aliphatic rings. The number of hydrogen-bond acceptors (Lipinski definition) is 2. The minimum atomic E-state index is -0.0593. The highest BCUT2D eigenvalue weighted by Gasteiger charge is 2.17. The number of amides is 1. The third-order valence-corrected chi connectivity index (χ3v) is 3.06. The van der Waals surface area contributed by atoms with Crippen LogP contribution in [-0.4, -0.2) is 33.6 Å². The van der Waals surface area contributed by atoms with E-state index in [0.29, 0.717) is 0 Å². The minimum Gasteiger partial charge on any atom is -0.324 e. The molecule has 0 radical (unpaired) electrons. The second kappa shape index (κ2) is 5.49. The quantitative estimate of drug-likeness (QED) is 0.830. The van der Waals surface area contributed by atoms with Gasteiger partial charge >= 0.3 is 6.03 Å². The molecule has 4 nitrogen and oxygen atoms in total. The first-order valence-electron chi connectivity index (χ1n) is 5.97. The number of likely N-dealkylation sites (N-methyl/N-ethyl adjacent to an activating group) is 1. The van der Waals surface area contributed by atoms with Crippen molar-refractivity contribution in [1.29, 1.82) is 0 Å². The molecule has 1 atom stereocenters. The predicted molar refractivity (Wildman–Crippen MR) is 70.4 cm³/mol. The molecule has 0 saturated carbocycles. The number of benzene rings is 1. The number of imidazole rings is 1. The van der Waals surface area contributed by atoms with Crippen LogP contribution in [-0.2, 0) is 6.42 Å². The van der Waals surface area contributed by atoms with Crippen LogP contribution in [0.2, 0.25) is 0 Å². The van der Waals surface area contributed by atoms with E-state index in [9.17, 15) is 4.79 Å². The van der Waals surface area contributed by atoms with Gasteiger partial charge in [0.15, 0.2) is 0 Å². The van der Waals surface area contributed by atoms with E-state index in [4.69, 9.17) is 0 Å². The first kappa shape index (κ1) is 12.4. The topological polar surface area (TPSA) is 38.1 Å². The summed E-state index contributed by atoms with van der Waals surface area (Å²) < 4.78 is 1.49. The Morgan fingerprint density at radius 3 is 2.72 bits per heavy atom. The van der Waals surface area contributed by atoms with Gasteiger partial charge in [0.1, 0.15) is 6.33 Å².